The van der Waals surface area contributed by atoms with Crippen molar-refractivity contribution in [3.63, 3.8) is 0 Å². The van der Waals surface area contributed by atoms with Gasteiger partial charge in [-0.05, 0) is 33.1 Å². The summed E-state index contributed by atoms with van der Waals surface area (Å²) in [5.74, 6) is 0.772. The van der Waals surface area contributed by atoms with E-state index in [9.17, 15) is 9.59 Å². The third-order valence-corrected chi connectivity index (χ3v) is 4.84. The first kappa shape index (κ1) is 16.5. The quantitative estimate of drug-likeness (QED) is 0.879. The topological polar surface area (TPSA) is 99.7 Å². The summed E-state index contributed by atoms with van der Waals surface area (Å²) in [6, 6.07) is 0. The highest BCUT2D eigenvalue weighted by atomic mass is 16.2. The summed E-state index contributed by atoms with van der Waals surface area (Å²) in [6.45, 7) is 7.74. The maximum absolute atomic E-state index is 12.8. The van der Waals surface area contributed by atoms with E-state index < -0.39 is 0 Å². The molecule has 2 N–H and O–H groups in total. The molecule has 130 valence electrons. The number of aromatic nitrogens is 5. The van der Waals surface area contributed by atoms with E-state index in [1.54, 1.807) is 4.57 Å². The van der Waals surface area contributed by atoms with Crippen LogP contribution in [0, 0.1) is 6.92 Å². The molecule has 1 aliphatic heterocycles. The number of nitrogens with zero attached hydrogens (tertiary/aromatic N) is 4. The molecule has 0 aromatic carbocycles. The van der Waals surface area contributed by atoms with Gasteiger partial charge >= 0.3 is 5.69 Å². The molecule has 0 saturated carbocycles. The minimum absolute atomic E-state index is 0.0471. The lowest BCUT2D eigenvalue weighted by atomic mass is 9.96. The van der Waals surface area contributed by atoms with Crippen molar-refractivity contribution in [2.45, 2.75) is 52.5 Å². The molecule has 1 amide bonds. The third kappa shape index (κ3) is 2.76. The van der Waals surface area contributed by atoms with Crippen LogP contribution in [0.15, 0.2) is 4.79 Å². The molecule has 1 aliphatic rings. The van der Waals surface area contributed by atoms with Crippen molar-refractivity contribution in [2.75, 3.05) is 13.1 Å². The van der Waals surface area contributed by atoms with Crippen molar-refractivity contribution in [3.05, 3.63) is 33.3 Å². The van der Waals surface area contributed by atoms with Crippen LogP contribution in [-0.2, 0) is 13.0 Å². The molecule has 24 heavy (non-hydrogen) atoms. The van der Waals surface area contributed by atoms with Gasteiger partial charge in [-0.3, -0.25) is 14.5 Å². The number of aryl methyl sites for hydroxylation is 1. The predicted octanol–water partition coefficient (Wildman–Crippen LogP) is 1.21. The first-order valence-corrected chi connectivity index (χ1v) is 8.55. The summed E-state index contributed by atoms with van der Waals surface area (Å²) < 4.78 is 1.65. The number of aromatic amines is 2. The lowest BCUT2D eigenvalue weighted by Crippen LogP contribution is -2.40. The van der Waals surface area contributed by atoms with E-state index in [1.165, 1.54) is 0 Å². The molecule has 8 nitrogen and oxygen atoms in total. The number of carbonyl (C=O) groups excluding carboxylic acids is 1. The van der Waals surface area contributed by atoms with Crippen LogP contribution in [0.2, 0.25) is 0 Å². The molecule has 2 aromatic heterocycles. The van der Waals surface area contributed by atoms with E-state index in [4.69, 9.17) is 0 Å². The normalized spacial score (nSPS) is 18.1. The maximum atomic E-state index is 12.8. The van der Waals surface area contributed by atoms with Gasteiger partial charge in [-0.15, -0.1) is 0 Å². The van der Waals surface area contributed by atoms with Gasteiger partial charge in [0.05, 0.1) is 0 Å². The van der Waals surface area contributed by atoms with Crippen molar-refractivity contribution in [2.24, 2.45) is 0 Å². The Morgan fingerprint density at radius 3 is 2.75 bits per heavy atom. The number of hydrogen-bond acceptors (Lipinski definition) is 4. The van der Waals surface area contributed by atoms with Gasteiger partial charge in [0.2, 0.25) is 0 Å². The fraction of sp³-hybridized carbons (Fsp3) is 0.625. The average Bonchev–Trinajstić information content (AvgIpc) is 3.16. The van der Waals surface area contributed by atoms with Crippen molar-refractivity contribution in [3.8, 4) is 0 Å². The first-order valence-electron chi connectivity index (χ1n) is 8.55. The molecule has 0 radical (unpaired) electrons. The third-order valence-electron chi connectivity index (χ3n) is 4.84. The van der Waals surface area contributed by atoms with Crippen molar-refractivity contribution >= 4 is 5.91 Å². The molecule has 2 aromatic rings. The van der Waals surface area contributed by atoms with E-state index >= 15 is 0 Å². The number of nitrogens with one attached hydrogen (secondary N) is 2. The zero-order valence-corrected chi connectivity index (χ0v) is 14.4. The second kappa shape index (κ2) is 6.62. The van der Waals surface area contributed by atoms with E-state index in [0.717, 1.165) is 36.3 Å². The van der Waals surface area contributed by atoms with Crippen molar-refractivity contribution in [1.29, 1.82) is 0 Å². The van der Waals surface area contributed by atoms with Crippen LogP contribution in [0.5, 0.6) is 0 Å². The molecular weight excluding hydrogens is 308 g/mol. The first-order chi connectivity index (χ1) is 11.6. The number of H-pyrrole nitrogens is 2. The van der Waals surface area contributed by atoms with Crippen LogP contribution in [-0.4, -0.2) is 48.9 Å². The van der Waals surface area contributed by atoms with Crippen molar-refractivity contribution < 1.29 is 4.79 Å². The van der Waals surface area contributed by atoms with Gasteiger partial charge in [-0.2, -0.15) is 10.2 Å². The Hall–Kier alpha value is -2.38. The minimum Gasteiger partial charge on any atom is -0.337 e. The largest absolute Gasteiger partial charge is 0.343 e. The Morgan fingerprint density at radius 2 is 2.08 bits per heavy atom. The van der Waals surface area contributed by atoms with Crippen LogP contribution in [0.1, 0.15) is 60.2 Å². The average molecular weight is 332 g/mol. The fourth-order valence-electron chi connectivity index (χ4n) is 3.46. The Labute approximate surface area is 140 Å². The molecule has 1 unspecified atom stereocenters. The summed E-state index contributed by atoms with van der Waals surface area (Å²) in [6.07, 6.45) is 2.64. The molecule has 0 aliphatic carbocycles. The predicted molar refractivity (Wildman–Crippen MR) is 89.1 cm³/mol. The van der Waals surface area contributed by atoms with E-state index in [1.807, 2.05) is 25.7 Å². The number of likely N-dealkylation sites (tertiary alicyclic amines) is 1. The zero-order chi connectivity index (χ0) is 17.3. The summed E-state index contributed by atoms with van der Waals surface area (Å²) in [5.41, 5.74) is 2.24. The van der Waals surface area contributed by atoms with E-state index in [0.29, 0.717) is 25.3 Å². The molecule has 0 bridgehead atoms. The monoisotopic (exact) mass is 332 g/mol. The van der Waals surface area contributed by atoms with Gasteiger partial charge in [0, 0.05) is 36.8 Å². The van der Waals surface area contributed by atoms with Crippen LogP contribution in [0.25, 0.3) is 0 Å². The van der Waals surface area contributed by atoms with Crippen LogP contribution >= 0.6 is 0 Å². The Bertz CT molecular complexity index is 787. The molecule has 1 fully saturated rings. The molecule has 3 rings (SSSR count). The zero-order valence-electron chi connectivity index (χ0n) is 14.4. The second-order valence-electron chi connectivity index (χ2n) is 6.25. The maximum Gasteiger partial charge on any atom is 0.343 e. The smallest absolute Gasteiger partial charge is 0.337 e. The van der Waals surface area contributed by atoms with Gasteiger partial charge in [-0.1, -0.05) is 6.92 Å². The molecule has 1 atom stereocenters. The SMILES string of the molecule is CCc1[nH]nc(C(=O)N2CCCC(c3n[nH]c(=O)n3CC)C2)c1C. The Kier molecular flexibility index (Phi) is 4.55. The van der Waals surface area contributed by atoms with Gasteiger partial charge in [-0.25, -0.2) is 9.89 Å². The lowest BCUT2D eigenvalue weighted by Gasteiger charge is -2.32. The van der Waals surface area contributed by atoms with Gasteiger partial charge in [0.1, 0.15) is 5.82 Å². The van der Waals surface area contributed by atoms with Gasteiger partial charge in [0.15, 0.2) is 5.69 Å². The summed E-state index contributed by atoms with van der Waals surface area (Å²) in [4.78, 5) is 26.4. The lowest BCUT2D eigenvalue weighted by molar-refractivity contribution is 0.0696. The van der Waals surface area contributed by atoms with Gasteiger partial charge in [0.25, 0.3) is 5.91 Å². The molecule has 1 saturated heterocycles. The fourth-order valence-corrected chi connectivity index (χ4v) is 3.46. The number of carbonyl (C=O) groups is 1. The molecular formula is C16H24N6O2. The number of amides is 1. The Morgan fingerprint density at radius 1 is 1.29 bits per heavy atom. The molecule has 8 heteroatoms. The van der Waals surface area contributed by atoms with E-state index in [2.05, 4.69) is 20.4 Å². The van der Waals surface area contributed by atoms with Crippen LogP contribution < -0.4 is 5.69 Å². The number of rotatable bonds is 4. The minimum atomic E-state index is -0.188. The Balaban J connectivity index is 1.81. The number of piperidine rings is 1. The van der Waals surface area contributed by atoms with Crippen molar-refractivity contribution in [1.82, 2.24) is 29.9 Å². The molecule has 3 heterocycles. The second-order valence-corrected chi connectivity index (χ2v) is 6.25. The summed E-state index contributed by atoms with van der Waals surface area (Å²) in [7, 11) is 0. The van der Waals surface area contributed by atoms with Crippen LogP contribution in [0.3, 0.4) is 0 Å². The molecule has 0 spiro atoms. The van der Waals surface area contributed by atoms with Gasteiger partial charge < -0.3 is 4.90 Å². The highest BCUT2D eigenvalue weighted by molar-refractivity contribution is 5.94. The highest BCUT2D eigenvalue weighted by Crippen LogP contribution is 2.26. The van der Waals surface area contributed by atoms with E-state index in [-0.39, 0.29) is 17.5 Å². The standard InChI is InChI=1S/C16H24N6O2/c1-4-12-10(3)13(18-17-12)15(23)21-8-6-7-11(9-21)14-19-20-16(24)22(14)5-2/h11H,4-9H2,1-3H3,(H,17,18)(H,20,24). The van der Waals surface area contributed by atoms with Crippen LogP contribution in [0.4, 0.5) is 0 Å². The number of hydrogen-bond donors (Lipinski definition) is 2. The summed E-state index contributed by atoms with van der Waals surface area (Å²) in [5, 5.41) is 13.8. The highest BCUT2D eigenvalue weighted by Gasteiger charge is 2.30. The summed E-state index contributed by atoms with van der Waals surface area (Å²) >= 11 is 0.